The molecule has 0 radical (unpaired) electrons. The van der Waals surface area contributed by atoms with Crippen molar-refractivity contribution in [1.29, 1.82) is 0 Å². The summed E-state index contributed by atoms with van der Waals surface area (Å²) in [4.78, 5) is 31.9. The van der Waals surface area contributed by atoms with Gasteiger partial charge < -0.3 is 9.64 Å². The number of rotatable bonds is 8. The summed E-state index contributed by atoms with van der Waals surface area (Å²) in [6.07, 6.45) is 5.60. The van der Waals surface area contributed by atoms with Crippen LogP contribution >= 0.6 is 0 Å². The van der Waals surface area contributed by atoms with Crippen LogP contribution in [0.25, 0.3) is 0 Å². The van der Waals surface area contributed by atoms with E-state index < -0.39 is 0 Å². The van der Waals surface area contributed by atoms with Crippen LogP contribution in [0.3, 0.4) is 0 Å². The second-order valence-corrected chi connectivity index (χ2v) is 14.2. The highest BCUT2D eigenvalue weighted by Gasteiger charge is 2.43. The van der Waals surface area contributed by atoms with Gasteiger partial charge in [-0.1, -0.05) is 24.3 Å². The van der Waals surface area contributed by atoms with E-state index in [1.807, 2.05) is 36.9 Å². The predicted octanol–water partition coefficient (Wildman–Crippen LogP) is 5.90. The van der Waals surface area contributed by atoms with Gasteiger partial charge in [0.15, 0.2) is 0 Å². The van der Waals surface area contributed by atoms with Crippen molar-refractivity contribution in [3.63, 3.8) is 0 Å². The Morgan fingerprint density at radius 3 is 2.28 bits per heavy atom. The van der Waals surface area contributed by atoms with Gasteiger partial charge in [-0.25, -0.2) is 14.4 Å². The first-order chi connectivity index (χ1) is 22.6. The van der Waals surface area contributed by atoms with Crippen molar-refractivity contribution in [2.24, 2.45) is 5.92 Å². The van der Waals surface area contributed by atoms with Crippen LogP contribution in [0.1, 0.15) is 78.4 Å². The third-order valence-corrected chi connectivity index (χ3v) is 11.2. The Labute approximate surface area is 279 Å². The Kier molecular flexibility index (Phi) is 10.2. The highest BCUT2D eigenvalue weighted by atomic mass is 19.1. The molecule has 8 nitrogen and oxygen atoms in total. The fourth-order valence-electron chi connectivity index (χ4n) is 8.28. The summed E-state index contributed by atoms with van der Waals surface area (Å²) >= 11 is 0. The van der Waals surface area contributed by atoms with Crippen LogP contribution < -0.4 is 4.74 Å². The Morgan fingerprint density at radius 2 is 1.66 bits per heavy atom. The quantitative estimate of drug-likeness (QED) is 0.304. The Bertz CT molecular complexity index is 1500. The van der Waals surface area contributed by atoms with Crippen molar-refractivity contribution >= 4 is 5.91 Å². The second-order valence-electron chi connectivity index (χ2n) is 14.2. The van der Waals surface area contributed by atoms with Crippen molar-refractivity contribution in [2.45, 2.75) is 77.5 Å². The third kappa shape index (κ3) is 7.37. The lowest BCUT2D eigenvalue weighted by atomic mass is 9.82. The SMILES string of the molecule is COc1ccc(CN2CCC(C(c3cccc(F)c3)N3CCN(C4(C)CCN(C(=O)c5c(C)ncnc5C)CC4)C[C@@H]3C)CC2)cc1. The monoisotopic (exact) mass is 642 g/mol. The maximum absolute atomic E-state index is 14.6. The molecular weight excluding hydrogens is 591 g/mol. The number of aromatic nitrogens is 2. The smallest absolute Gasteiger partial charge is 0.257 e. The van der Waals surface area contributed by atoms with Gasteiger partial charge in [0.05, 0.1) is 24.1 Å². The molecule has 9 heteroatoms. The number of hydrogen-bond acceptors (Lipinski definition) is 7. The van der Waals surface area contributed by atoms with E-state index in [1.165, 1.54) is 11.9 Å². The van der Waals surface area contributed by atoms with Crippen LogP contribution in [0.4, 0.5) is 4.39 Å². The molecule has 0 spiro atoms. The number of piperidine rings is 2. The fraction of sp³-hybridized carbons (Fsp3) is 0.553. The molecule has 0 N–H and O–H groups in total. The number of methoxy groups -OCH3 is 1. The average Bonchev–Trinajstić information content (AvgIpc) is 3.07. The normalized spacial score (nSPS) is 22.3. The topological polar surface area (TPSA) is 65.0 Å². The minimum Gasteiger partial charge on any atom is -0.497 e. The molecular formula is C38H51FN6O2. The molecule has 252 valence electrons. The van der Waals surface area contributed by atoms with Gasteiger partial charge in [0, 0.05) is 56.9 Å². The summed E-state index contributed by atoms with van der Waals surface area (Å²) in [5.74, 6) is 1.25. The molecule has 2 atom stereocenters. The summed E-state index contributed by atoms with van der Waals surface area (Å²) in [6.45, 7) is 15.9. The van der Waals surface area contributed by atoms with E-state index in [0.29, 0.717) is 17.5 Å². The number of ether oxygens (including phenoxy) is 1. The molecule has 3 aromatic rings. The minimum atomic E-state index is -0.156. The van der Waals surface area contributed by atoms with Crippen LogP contribution in [-0.4, -0.2) is 100.0 Å². The van der Waals surface area contributed by atoms with Crippen LogP contribution in [0.15, 0.2) is 54.9 Å². The van der Waals surface area contributed by atoms with Crippen molar-refractivity contribution in [3.8, 4) is 5.75 Å². The number of carbonyl (C=O) groups is 1. The van der Waals surface area contributed by atoms with E-state index in [0.717, 1.165) is 101 Å². The van der Waals surface area contributed by atoms with Gasteiger partial charge in [-0.3, -0.25) is 19.5 Å². The molecule has 0 aliphatic carbocycles. The zero-order valence-electron chi connectivity index (χ0n) is 28.8. The van der Waals surface area contributed by atoms with Gasteiger partial charge in [0.1, 0.15) is 17.9 Å². The molecule has 1 unspecified atom stereocenters. The molecule has 1 amide bonds. The van der Waals surface area contributed by atoms with Crippen molar-refractivity contribution in [1.82, 2.24) is 29.6 Å². The number of carbonyl (C=O) groups excluding carboxylic acids is 1. The summed E-state index contributed by atoms with van der Waals surface area (Å²) in [5, 5.41) is 0. The number of nitrogens with zero attached hydrogens (tertiary/aromatic N) is 6. The van der Waals surface area contributed by atoms with E-state index in [1.54, 1.807) is 19.2 Å². The molecule has 3 saturated heterocycles. The zero-order valence-corrected chi connectivity index (χ0v) is 28.8. The van der Waals surface area contributed by atoms with Gasteiger partial charge in [0.2, 0.25) is 0 Å². The predicted molar refractivity (Wildman–Crippen MR) is 183 cm³/mol. The largest absolute Gasteiger partial charge is 0.497 e. The first kappa shape index (κ1) is 33.5. The van der Waals surface area contributed by atoms with Crippen LogP contribution in [0.5, 0.6) is 5.75 Å². The summed E-state index contributed by atoms with van der Waals surface area (Å²) in [7, 11) is 1.70. The first-order valence-corrected chi connectivity index (χ1v) is 17.3. The van der Waals surface area contributed by atoms with Crippen molar-refractivity contribution < 1.29 is 13.9 Å². The molecule has 4 heterocycles. The lowest BCUT2D eigenvalue weighted by molar-refractivity contribution is -0.0439. The lowest BCUT2D eigenvalue weighted by Crippen LogP contribution is -2.63. The number of aryl methyl sites for hydroxylation is 2. The van der Waals surface area contributed by atoms with E-state index >= 15 is 0 Å². The minimum absolute atomic E-state index is 0.0373. The number of amides is 1. The number of hydrogen-bond donors (Lipinski definition) is 0. The molecule has 2 aromatic carbocycles. The molecule has 3 fully saturated rings. The molecule has 3 aliphatic heterocycles. The fourth-order valence-corrected chi connectivity index (χ4v) is 8.28. The maximum atomic E-state index is 14.6. The third-order valence-electron chi connectivity index (χ3n) is 11.2. The Hall–Kier alpha value is -3.40. The molecule has 0 bridgehead atoms. The van der Waals surface area contributed by atoms with E-state index in [4.69, 9.17) is 4.74 Å². The summed E-state index contributed by atoms with van der Waals surface area (Å²) < 4.78 is 20.0. The average molecular weight is 643 g/mol. The lowest BCUT2D eigenvalue weighted by Gasteiger charge is -2.54. The summed E-state index contributed by atoms with van der Waals surface area (Å²) in [6, 6.07) is 16.2. The van der Waals surface area contributed by atoms with Gasteiger partial charge in [-0.2, -0.15) is 0 Å². The highest BCUT2D eigenvalue weighted by molar-refractivity contribution is 5.96. The Balaban J connectivity index is 1.10. The number of benzene rings is 2. The van der Waals surface area contributed by atoms with Crippen molar-refractivity contribution in [3.05, 3.63) is 88.8 Å². The van der Waals surface area contributed by atoms with Gasteiger partial charge >= 0.3 is 0 Å². The van der Waals surface area contributed by atoms with Gasteiger partial charge in [-0.15, -0.1) is 0 Å². The molecule has 47 heavy (non-hydrogen) atoms. The standard InChI is InChI=1S/C38H51FN6O2/c1-27-24-44(38(4)15-19-43(20-16-38)37(46)35-28(2)40-26-41-29(35)3)21-22-45(27)36(32-7-6-8-33(39)23-32)31-13-17-42(18-14-31)25-30-9-11-34(47-5)12-10-30/h6-12,23,26-27,31,36H,13-22,24-25H2,1-5H3/t27-,36?/m0/s1. The maximum Gasteiger partial charge on any atom is 0.257 e. The van der Waals surface area contributed by atoms with Crippen LogP contribution in [0.2, 0.25) is 0 Å². The molecule has 0 saturated carbocycles. The number of halogens is 1. The second kappa shape index (κ2) is 14.4. The van der Waals surface area contributed by atoms with Gasteiger partial charge in [0.25, 0.3) is 5.91 Å². The van der Waals surface area contributed by atoms with Crippen LogP contribution in [0, 0.1) is 25.6 Å². The van der Waals surface area contributed by atoms with E-state index in [9.17, 15) is 9.18 Å². The first-order valence-electron chi connectivity index (χ1n) is 17.3. The summed E-state index contributed by atoms with van der Waals surface area (Å²) in [5.41, 5.74) is 4.59. The highest BCUT2D eigenvalue weighted by Crippen LogP contribution is 2.40. The van der Waals surface area contributed by atoms with Crippen LogP contribution in [-0.2, 0) is 6.54 Å². The molecule has 1 aromatic heterocycles. The molecule has 3 aliphatic rings. The zero-order chi connectivity index (χ0) is 33.1. The number of likely N-dealkylation sites (tertiary alicyclic amines) is 2. The number of piperazine rings is 1. The van der Waals surface area contributed by atoms with E-state index in [-0.39, 0.29) is 23.3 Å². The van der Waals surface area contributed by atoms with Crippen molar-refractivity contribution in [2.75, 3.05) is 52.9 Å². The molecule has 6 rings (SSSR count). The van der Waals surface area contributed by atoms with Gasteiger partial charge in [-0.05, 0) is 108 Å². The van der Waals surface area contributed by atoms with E-state index in [2.05, 4.69) is 56.7 Å². The Morgan fingerprint density at radius 1 is 0.979 bits per heavy atom.